The van der Waals surface area contributed by atoms with Crippen LogP contribution in [0.3, 0.4) is 0 Å². The Morgan fingerprint density at radius 3 is 1.12 bits per heavy atom. The molecule has 0 saturated carbocycles. The van der Waals surface area contributed by atoms with Crippen molar-refractivity contribution in [1.82, 2.24) is 0 Å². The number of aliphatic hydroxyl groups excluding tert-OH is 2. The Morgan fingerprint density at radius 2 is 0.718 bits per heavy atom. The quantitative estimate of drug-likeness (QED) is 0.0228. The maximum absolute atomic E-state index is 13.2. The smallest absolute Gasteiger partial charge is 0.335 e. The van der Waals surface area contributed by atoms with E-state index in [9.17, 15) is 34.5 Å². The first-order valence-corrected chi connectivity index (χ1v) is 32.1. The van der Waals surface area contributed by atoms with Gasteiger partial charge in [-0.25, -0.2) is 4.79 Å². The Labute approximate surface area is 513 Å². The lowest BCUT2D eigenvalue weighted by atomic mass is 9.98. The van der Waals surface area contributed by atoms with Crippen molar-refractivity contribution < 1.29 is 58.2 Å². The number of aliphatic hydroxyl groups is 2. The van der Waals surface area contributed by atoms with Gasteiger partial charge in [-0.15, -0.1) is 0 Å². The van der Waals surface area contributed by atoms with Gasteiger partial charge in [-0.1, -0.05) is 223 Å². The van der Waals surface area contributed by atoms with Crippen LogP contribution in [-0.2, 0) is 42.9 Å². The van der Waals surface area contributed by atoms with Crippen LogP contribution in [0, 0.1) is 0 Å². The number of hydrogen-bond acceptors (Lipinski definition) is 11. The van der Waals surface area contributed by atoms with Gasteiger partial charge in [-0.05, 0) is 141 Å². The summed E-state index contributed by atoms with van der Waals surface area (Å²) < 4.78 is 28.4. The molecule has 85 heavy (non-hydrogen) atoms. The summed E-state index contributed by atoms with van der Waals surface area (Å²) in [7, 11) is 0. The van der Waals surface area contributed by atoms with Gasteiger partial charge in [0.15, 0.2) is 24.6 Å². The van der Waals surface area contributed by atoms with Crippen LogP contribution in [0.4, 0.5) is 0 Å². The second kappa shape index (κ2) is 58.5. The third-order valence-corrected chi connectivity index (χ3v) is 13.3. The van der Waals surface area contributed by atoms with E-state index in [4.69, 9.17) is 23.7 Å². The zero-order valence-corrected chi connectivity index (χ0v) is 52.3. The second-order valence-corrected chi connectivity index (χ2v) is 20.9. The molecule has 474 valence electrons. The van der Waals surface area contributed by atoms with E-state index >= 15 is 0 Å². The topological polar surface area (TPSA) is 175 Å². The van der Waals surface area contributed by atoms with E-state index in [1.165, 1.54) is 0 Å². The third kappa shape index (κ3) is 48.0. The molecule has 1 fully saturated rings. The summed E-state index contributed by atoms with van der Waals surface area (Å²) in [6, 6.07) is 0. The first-order chi connectivity index (χ1) is 41.6. The predicted molar refractivity (Wildman–Crippen MR) is 348 cm³/mol. The molecule has 0 aromatic carbocycles. The molecule has 1 saturated heterocycles. The number of carbonyl (C=O) groups excluding carboxylic acids is 3. The minimum atomic E-state index is -1.94. The lowest BCUT2D eigenvalue weighted by Crippen LogP contribution is -2.61. The highest BCUT2D eigenvalue weighted by Crippen LogP contribution is 2.26. The summed E-state index contributed by atoms with van der Waals surface area (Å²) in [6.45, 7) is 5.57. The summed E-state index contributed by atoms with van der Waals surface area (Å²) in [6.07, 6.45) is 74.5. The van der Waals surface area contributed by atoms with Crippen molar-refractivity contribution in [1.29, 1.82) is 0 Å². The first-order valence-electron chi connectivity index (χ1n) is 32.1. The zero-order chi connectivity index (χ0) is 61.7. The Kier molecular flexibility index (Phi) is 53.0. The summed E-state index contributed by atoms with van der Waals surface area (Å²) in [5.41, 5.74) is 0. The van der Waals surface area contributed by atoms with Crippen molar-refractivity contribution in [2.24, 2.45) is 0 Å². The summed E-state index contributed by atoms with van der Waals surface area (Å²) >= 11 is 0. The van der Waals surface area contributed by atoms with E-state index < -0.39 is 67.3 Å². The summed E-state index contributed by atoms with van der Waals surface area (Å²) in [5, 5.41) is 31.6. The molecule has 0 radical (unpaired) electrons. The number of carboxylic acid groups (broad SMARTS) is 1. The number of rotatable bonds is 52. The molecule has 0 aliphatic carbocycles. The number of aliphatic carboxylic acids is 1. The van der Waals surface area contributed by atoms with E-state index in [0.29, 0.717) is 25.7 Å². The molecule has 3 N–H and O–H groups in total. The molecule has 12 heteroatoms. The van der Waals surface area contributed by atoms with Crippen molar-refractivity contribution in [2.45, 2.75) is 250 Å². The van der Waals surface area contributed by atoms with Gasteiger partial charge in [0.1, 0.15) is 18.8 Å². The van der Waals surface area contributed by atoms with Crippen LogP contribution >= 0.6 is 0 Å². The maximum atomic E-state index is 13.2. The van der Waals surface area contributed by atoms with Crippen LogP contribution in [0.25, 0.3) is 0 Å². The normalized spacial score (nSPS) is 18.6. The molecule has 1 aliphatic heterocycles. The van der Waals surface area contributed by atoms with E-state index in [-0.39, 0.29) is 25.9 Å². The Bertz CT molecular complexity index is 2130. The average Bonchev–Trinajstić information content (AvgIpc) is 2.79. The van der Waals surface area contributed by atoms with Crippen LogP contribution < -0.4 is 0 Å². The molecular formula is C73H110O12. The minimum Gasteiger partial charge on any atom is -0.479 e. The monoisotopic (exact) mass is 1180 g/mol. The van der Waals surface area contributed by atoms with Gasteiger partial charge in [0.2, 0.25) is 0 Å². The van der Waals surface area contributed by atoms with Gasteiger partial charge in [0.05, 0.1) is 6.61 Å². The fraction of sp³-hybridized carbons (Fsp3) is 0.562. The van der Waals surface area contributed by atoms with Crippen molar-refractivity contribution >= 4 is 23.9 Å². The lowest BCUT2D eigenvalue weighted by Gasteiger charge is -2.40. The lowest BCUT2D eigenvalue weighted by molar-refractivity contribution is -0.301. The summed E-state index contributed by atoms with van der Waals surface area (Å²) in [5.74, 6) is -3.29. The molecule has 6 atom stereocenters. The van der Waals surface area contributed by atoms with E-state index in [0.717, 1.165) is 148 Å². The van der Waals surface area contributed by atoms with Crippen LogP contribution in [0.15, 0.2) is 170 Å². The van der Waals surface area contributed by atoms with Crippen molar-refractivity contribution in [3.63, 3.8) is 0 Å². The maximum Gasteiger partial charge on any atom is 0.335 e. The zero-order valence-electron chi connectivity index (χ0n) is 52.3. The second-order valence-electron chi connectivity index (χ2n) is 20.9. The highest BCUT2D eigenvalue weighted by Gasteiger charge is 2.50. The molecular weight excluding hydrogens is 1070 g/mol. The summed E-state index contributed by atoms with van der Waals surface area (Å²) in [4.78, 5) is 51.3. The number of hydrogen-bond donors (Lipinski definition) is 3. The van der Waals surface area contributed by atoms with E-state index in [1.807, 2.05) is 12.2 Å². The van der Waals surface area contributed by atoms with Crippen molar-refractivity contribution in [2.75, 3.05) is 13.2 Å². The fourth-order valence-corrected chi connectivity index (χ4v) is 8.48. The van der Waals surface area contributed by atoms with Gasteiger partial charge in [0, 0.05) is 19.3 Å². The molecule has 0 spiro atoms. The molecule has 0 aromatic rings. The number of allylic oxidation sites excluding steroid dienone is 28. The van der Waals surface area contributed by atoms with Crippen molar-refractivity contribution in [3.8, 4) is 0 Å². The standard InChI is InChI=1S/C73H110O12/c1-4-7-10-13-16-19-22-25-28-31-33-36-38-41-44-47-50-53-56-59-65(74)81-62-64(83-66(75)60-57-54-51-48-45-42-39-35-30-27-24-21-18-15-12-9-6-3)63-82-73-71(69(78)68(77)70(85-73)72(79)80)84-67(76)61-58-55-52-49-46-43-40-37-34-32-29-26-23-20-17-14-11-8-5-2/h7-12,16-21,25-30,33-34,36-37,39,42-43,46,48,51,64,68-71,73,77-78H,4-6,13-15,22-24,31-32,35,38,40-41,44-45,47,49-50,52-63H2,1-3H3,(H,79,80)/b10-7-,11-8-,12-9-,19-16-,20-17-,21-18-,28-25-,29-26-,30-27-,36-33-,37-34-,42-39-,46-43-,51-48-. The fourth-order valence-electron chi connectivity index (χ4n) is 8.48. The number of unbranched alkanes of at least 4 members (excludes halogenated alkanes) is 10. The Hall–Kier alpha value is -5.92. The third-order valence-electron chi connectivity index (χ3n) is 13.3. The van der Waals surface area contributed by atoms with Gasteiger partial charge in [0.25, 0.3) is 0 Å². The van der Waals surface area contributed by atoms with Gasteiger partial charge in [-0.3, -0.25) is 14.4 Å². The predicted octanol–water partition coefficient (Wildman–Crippen LogP) is 17.5. The number of esters is 3. The van der Waals surface area contributed by atoms with Gasteiger partial charge >= 0.3 is 23.9 Å². The number of carboxylic acids is 1. The molecule has 1 heterocycles. The van der Waals surface area contributed by atoms with Gasteiger partial charge < -0.3 is 39.0 Å². The molecule has 1 aliphatic rings. The highest BCUT2D eigenvalue weighted by molar-refractivity contribution is 5.74. The Balaban J connectivity index is 2.75. The Morgan fingerprint density at radius 1 is 0.388 bits per heavy atom. The van der Waals surface area contributed by atoms with E-state index in [1.54, 1.807) is 0 Å². The van der Waals surface area contributed by atoms with E-state index in [2.05, 4.69) is 179 Å². The molecule has 0 bridgehead atoms. The van der Waals surface area contributed by atoms with Crippen molar-refractivity contribution in [3.05, 3.63) is 170 Å². The van der Waals surface area contributed by atoms with Crippen LogP contribution in [0.2, 0.25) is 0 Å². The number of ether oxygens (including phenoxy) is 5. The average molecular weight is 1180 g/mol. The van der Waals surface area contributed by atoms with Crippen LogP contribution in [-0.4, -0.2) is 89.2 Å². The first kappa shape index (κ1) is 77.1. The molecule has 0 amide bonds. The molecule has 0 aromatic heterocycles. The molecule has 12 nitrogen and oxygen atoms in total. The largest absolute Gasteiger partial charge is 0.479 e. The highest BCUT2D eigenvalue weighted by atomic mass is 16.7. The van der Waals surface area contributed by atoms with Crippen LogP contribution in [0.5, 0.6) is 0 Å². The van der Waals surface area contributed by atoms with Crippen LogP contribution in [0.1, 0.15) is 213 Å². The molecule has 1 rings (SSSR count). The van der Waals surface area contributed by atoms with Gasteiger partial charge in [-0.2, -0.15) is 0 Å². The minimum absolute atomic E-state index is 0.00253. The number of carbonyl (C=O) groups is 4. The SMILES string of the molecule is CC/C=C\C/C=C\C/C=C\C/C=C\C/C=C\CCCCCC(=O)OC1C(OCC(COC(=O)CCCCCCCC/C=C\C/C=C\C/C=C\C/C=C\CC)OC(=O)CCC/C=C\C/C=C\C/C=C\C/C=C\C/C=C\CC)OC(C(=O)O)C(O)C1O. The molecule has 6 unspecified atom stereocenters.